The van der Waals surface area contributed by atoms with Gasteiger partial charge in [0.25, 0.3) is 0 Å². The molecule has 4 N–H and O–H groups in total. The third kappa shape index (κ3) is 98.8. The summed E-state index contributed by atoms with van der Waals surface area (Å²) < 4.78 is 0. The van der Waals surface area contributed by atoms with Gasteiger partial charge in [-0.15, -0.1) is 0 Å². The van der Waals surface area contributed by atoms with E-state index in [1.54, 1.807) is 0 Å². The van der Waals surface area contributed by atoms with Gasteiger partial charge < -0.3 is 11.0 Å². The van der Waals surface area contributed by atoms with Crippen LogP contribution in [0.3, 0.4) is 0 Å². The second kappa shape index (κ2) is 122. The van der Waals surface area contributed by atoms with Crippen molar-refractivity contribution in [1.29, 1.82) is 0 Å². The Morgan fingerprint density at radius 2 is 0.333 bits per heavy atom. The molecular weight excluding hydrogens is 218 g/mol. The molecule has 0 aliphatic heterocycles. The molecule has 0 unspecified atom stereocenters. The number of hydrogen-bond acceptors (Lipinski definition) is 0. The van der Waals surface area contributed by atoms with Gasteiger partial charge in [0.15, 0.2) is 0 Å². The summed E-state index contributed by atoms with van der Waals surface area (Å²) in [6.45, 7) is 0. The van der Waals surface area contributed by atoms with Gasteiger partial charge in [-0.25, -0.2) is 0 Å². The Bertz CT molecular complexity index is 12.9. The predicted molar refractivity (Wildman–Crippen MR) is 47.5 cm³/mol. The molecule has 0 aromatic heterocycles. The standard InChI is InChI=1S/2Na.2H2O.5Si/h;;2*1H2;;;;;. The smallest absolute Gasteiger partial charge is 0 e. The minimum absolute atomic E-state index is 0. The van der Waals surface area contributed by atoms with E-state index in [1.807, 2.05) is 0 Å². The molecule has 2 nitrogen and oxygen atoms in total. The summed E-state index contributed by atoms with van der Waals surface area (Å²) >= 11 is 0. The molecule has 0 aromatic carbocycles. The molecule has 0 rings (SSSR count). The molecule has 22 radical (unpaired) electrons. The van der Waals surface area contributed by atoms with E-state index in [4.69, 9.17) is 0 Å². The van der Waals surface area contributed by atoms with E-state index in [-0.39, 0.29) is 125 Å². The summed E-state index contributed by atoms with van der Waals surface area (Å²) in [5, 5.41) is 0. The van der Waals surface area contributed by atoms with Gasteiger partial charge >= 0.3 is 0 Å². The number of rotatable bonds is 0. The van der Waals surface area contributed by atoms with Crippen molar-refractivity contribution < 1.29 is 11.0 Å². The second-order valence-electron chi connectivity index (χ2n) is 0. The predicted octanol–water partition coefficient (Wildman–Crippen LogP) is -4.31. The van der Waals surface area contributed by atoms with Crippen molar-refractivity contribution in [3.63, 3.8) is 0 Å². The van der Waals surface area contributed by atoms with E-state index >= 15 is 0 Å². The largest absolute Gasteiger partial charge is 0.412 e. The van der Waals surface area contributed by atoms with Crippen molar-refractivity contribution in [2.24, 2.45) is 0 Å². The Morgan fingerprint density at radius 3 is 0.333 bits per heavy atom. The fourth-order valence-electron chi connectivity index (χ4n) is 0. The topological polar surface area (TPSA) is 63.0 Å². The molecular formula is H4Na2O2Si5. The van der Waals surface area contributed by atoms with Crippen molar-refractivity contribution >= 4 is 114 Å². The molecule has 0 aliphatic carbocycles. The van der Waals surface area contributed by atoms with Gasteiger partial charge in [-0.05, 0) is 0 Å². The maximum atomic E-state index is 0. The van der Waals surface area contributed by atoms with Crippen LogP contribution in [0, 0.1) is 0 Å². The van der Waals surface area contributed by atoms with Gasteiger partial charge in [0.1, 0.15) is 0 Å². The van der Waals surface area contributed by atoms with Crippen LogP contribution in [-0.2, 0) is 0 Å². The first-order valence-electron chi connectivity index (χ1n) is 0. The van der Waals surface area contributed by atoms with Crippen LogP contribution in [0.1, 0.15) is 0 Å². The molecule has 38 valence electrons. The molecule has 0 amide bonds. The maximum absolute atomic E-state index is 0. The minimum atomic E-state index is 0. The zero-order valence-electron chi connectivity index (χ0n) is 5.50. The first-order chi connectivity index (χ1) is 0. The normalized spacial score (nSPS) is 0. The fraction of sp³-hybridized carbons (Fsp3) is 0. The molecule has 0 aromatic rings. The van der Waals surface area contributed by atoms with Crippen LogP contribution in [0.15, 0.2) is 0 Å². The van der Waals surface area contributed by atoms with Crippen molar-refractivity contribution in [2.75, 3.05) is 0 Å². The monoisotopic (exact) mass is 222 g/mol. The molecule has 9 heavy (non-hydrogen) atoms. The zero-order valence-corrected chi connectivity index (χ0v) is 14.5. The molecule has 0 heterocycles. The number of hydrogen-bond donors (Lipinski definition) is 0. The van der Waals surface area contributed by atoms with Crippen molar-refractivity contribution in [1.82, 2.24) is 0 Å². The van der Waals surface area contributed by atoms with Gasteiger partial charge in [-0.3, -0.25) is 0 Å². The Balaban J connectivity index is 0. The molecule has 9 heteroatoms. The SMILES string of the molecule is O.O.[Na].[Na].[Si].[Si].[Si].[Si].[Si]. The Labute approximate surface area is 123 Å². The molecule has 0 spiro atoms. The third-order valence-corrected chi connectivity index (χ3v) is 0. The van der Waals surface area contributed by atoms with Crippen LogP contribution in [0.25, 0.3) is 0 Å². The minimum Gasteiger partial charge on any atom is -0.412 e. The summed E-state index contributed by atoms with van der Waals surface area (Å²) in [4.78, 5) is 0. The summed E-state index contributed by atoms with van der Waals surface area (Å²) in [7, 11) is 0. The molecule has 0 saturated carbocycles. The van der Waals surface area contributed by atoms with Crippen LogP contribution in [0.2, 0.25) is 0 Å². The van der Waals surface area contributed by atoms with Crippen LogP contribution < -0.4 is 0 Å². The van der Waals surface area contributed by atoms with Crippen LogP contribution >= 0.6 is 0 Å². The summed E-state index contributed by atoms with van der Waals surface area (Å²) in [6.07, 6.45) is 0. The van der Waals surface area contributed by atoms with Crippen LogP contribution in [0.4, 0.5) is 0 Å². The molecule has 0 atom stereocenters. The maximum Gasteiger partial charge on any atom is 0 e. The van der Waals surface area contributed by atoms with E-state index < -0.39 is 0 Å². The van der Waals surface area contributed by atoms with Crippen molar-refractivity contribution in [3.05, 3.63) is 0 Å². The van der Waals surface area contributed by atoms with Crippen molar-refractivity contribution in [3.8, 4) is 0 Å². The van der Waals surface area contributed by atoms with Crippen LogP contribution in [-0.4, -0.2) is 125 Å². The van der Waals surface area contributed by atoms with Gasteiger partial charge in [-0.1, -0.05) is 0 Å². The van der Waals surface area contributed by atoms with E-state index in [2.05, 4.69) is 0 Å². The van der Waals surface area contributed by atoms with Gasteiger partial charge in [0.05, 0.1) is 0 Å². The van der Waals surface area contributed by atoms with Crippen LogP contribution in [0.5, 0.6) is 0 Å². The van der Waals surface area contributed by atoms with Crippen molar-refractivity contribution in [2.45, 2.75) is 0 Å². The fourth-order valence-corrected chi connectivity index (χ4v) is 0. The summed E-state index contributed by atoms with van der Waals surface area (Å²) in [5.74, 6) is 0. The Kier molecular flexibility index (Phi) is 2180. The second-order valence-corrected chi connectivity index (χ2v) is 0. The Hall–Kier alpha value is 3.00. The van der Waals surface area contributed by atoms with Gasteiger partial charge in [-0.2, -0.15) is 0 Å². The average molecular weight is 222 g/mol. The first kappa shape index (κ1) is 161. The quantitative estimate of drug-likeness (QED) is 0.372. The Morgan fingerprint density at radius 1 is 0.333 bits per heavy atom. The van der Waals surface area contributed by atoms with E-state index in [9.17, 15) is 0 Å². The molecule has 0 bridgehead atoms. The van der Waals surface area contributed by atoms with Gasteiger partial charge in [0.2, 0.25) is 0 Å². The third-order valence-electron chi connectivity index (χ3n) is 0. The molecule has 0 aliphatic rings. The van der Waals surface area contributed by atoms with E-state index in [0.717, 1.165) is 0 Å². The first-order valence-corrected chi connectivity index (χ1v) is 0. The van der Waals surface area contributed by atoms with E-state index in [0.29, 0.717) is 0 Å². The average Bonchev–Trinajstić information content (AvgIpc) is 0. The molecule has 0 fully saturated rings. The summed E-state index contributed by atoms with van der Waals surface area (Å²) in [6, 6.07) is 0. The summed E-state index contributed by atoms with van der Waals surface area (Å²) in [5.41, 5.74) is 0. The van der Waals surface area contributed by atoms with Gasteiger partial charge in [0, 0.05) is 114 Å². The zero-order chi connectivity index (χ0) is 0. The van der Waals surface area contributed by atoms with E-state index in [1.165, 1.54) is 0 Å². The molecule has 0 saturated heterocycles.